The number of rotatable bonds is 2. The second-order valence-corrected chi connectivity index (χ2v) is 5.62. The summed E-state index contributed by atoms with van der Waals surface area (Å²) in [5, 5.41) is 8.95. The van der Waals surface area contributed by atoms with Crippen molar-refractivity contribution in [2.24, 2.45) is 7.05 Å². The molecule has 3 rings (SSSR count). The van der Waals surface area contributed by atoms with E-state index in [1.54, 1.807) is 0 Å². The van der Waals surface area contributed by atoms with Gasteiger partial charge < -0.3 is 4.57 Å². The quantitative estimate of drug-likeness (QED) is 0.719. The summed E-state index contributed by atoms with van der Waals surface area (Å²) in [4.78, 5) is 4.64. The Balaban J connectivity index is 2.01. The van der Waals surface area contributed by atoms with Crippen molar-refractivity contribution in [1.29, 1.82) is 5.26 Å². The number of nitriles is 1. The molecule has 20 heavy (non-hydrogen) atoms. The van der Waals surface area contributed by atoms with Crippen LogP contribution in [0.1, 0.15) is 17.0 Å². The van der Waals surface area contributed by atoms with E-state index in [0.717, 1.165) is 27.8 Å². The normalized spacial score (nSPS) is 10.7. The Labute approximate surface area is 125 Å². The maximum Gasteiger partial charge on any atom is 0.114 e. The molecule has 4 heteroatoms. The third-order valence-corrected chi connectivity index (χ3v) is 3.91. The number of hydrogen-bond acceptors (Lipinski definition) is 2. The van der Waals surface area contributed by atoms with Gasteiger partial charge in [-0.1, -0.05) is 28.1 Å². The second-order valence-electron chi connectivity index (χ2n) is 4.71. The lowest BCUT2D eigenvalue weighted by Crippen LogP contribution is -1.98. The Morgan fingerprint density at radius 2 is 1.95 bits per heavy atom. The lowest BCUT2D eigenvalue weighted by molar-refractivity contribution is 0.844. The van der Waals surface area contributed by atoms with Gasteiger partial charge in [0, 0.05) is 17.9 Å². The van der Waals surface area contributed by atoms with Crippen LogP contribution in [0, 0.1) is 11.3 Å². The van der Waals surface area contributed by atoms with E-state index in [0.29, 0.717) is 5.56 Å². The molecule has 3 aromatic rings. The van der Waals surface area contributed by atoms with Crippen LogP contribution in [-0.2, 0) is 13.5 Å². The first-order valence-corrected chi connectivity index (χ1v) is 7.06. The highest BCUT2D eigenvalue weighted by Gasteiger charge is 2.09. The van der Waals surface area contributed by atoms with E-state index in [-0.39, 0.29) is 0 Å². The Bertz CT molecular complexity index is 810. The standard InChI is InChI=1S/C16H12BrN3/c1-20-15-7-4-12(10-18)8-14(15)19-16(20)9-11-2-5-13(17)6-3-11/h2-8H,9H2,1H3. The molecule has 0 saturated heterocycles. The van der Waals surface area contributed by atoms with Crippen molar-refractivity contribution < 1.29 is 0 Å². The highest BCUT2D eigenvalue weighted by molar-refractivity contribution is 9.10. The number of halogens is 1. The molecule has 0 unspecified atom stereocenters. The maximum absolute atomic E-state index is 8.95. The fraction of sp³-hybridized carbons (Fsp3) is 0.125. The van der Waals surface area contributed by atoms with E-state index < -0.39 is 0 Å². The highest BCUT2D eigenvalue weighted by atomic mass is 79.9. The van der Waals surface area contributed by atoms with Crippen LogP contribution >= 0.6 is 15.9 Å². The summed E-state index contributed by atoms with van der Waals surface area (Å²) in [6, 6.07) is 16.0. The Kier molecular flexibility index (Phi) is 3.29. The van der Waals surface area contributed by atoms with E-state index in [4.69, 9.17) is 5.26 Å². The topological polar surface area (TPSA) is 41.6 Å². The summed E-state index contributed by atoms with van der Waals surface area (Å²) in [5.74, 6) is 0.998. The van der Waals surface area contributed by atoms with Crippen LogP contribution in [0.15, 0.2) is 46.9 Å². The molecule has 1 heterocycles. The molecule has 98 valence electrons. The molecular formula is C16H12BrN3. The maximum atomic E-state index is 8.95. The molecule has 1 aromatic heterocycles. The summed E-state index contributed by atoms with van der Waals surface area (Å²) in [5.41, 5.74) is 3.78. The van der Waals surface area contributed by atoms with Gasteiger partial charge in [-0.2, -0.15) is 5.26 Å². The van der Waals surface area contributed by atoms with Crippen molar-refractivity contribution in [2.45, 2.75) is 6.42 Å². The minimum Gasteiger partial charge on any atom is -0.331 e. The molecule has 0 aliphatic carbocycles. The molecule has 3 nitrogen and oxygen atoms in total. The first-order valence-electron chi connectivity index (χ1n) is 6.27. The molecule has 0 spiro atoms. The Morgan fingerprint density at radius 1 is 1.20 bits per heavy atom. The zero-order valence-corrected chi connectivity index (χ0v) is 12.6. The van der Waals surface area contributed by atoms with Gasteiger partial charge in [0.15, 0.2) is 0 Å². The number of aromatic nitrogens is 2. The lowest BCUT2D eigenvalue weighted by Gasteiger charge is -2.03. The van der Waals surface area contributed by atoms with Crippen LogP contribution in [0.4, 0.5) is 0 Å². The first-order chi connectivity index (χ1) is 9.67. The molecule has 0 aliphatic rings. The number of aryl methyl sites for hydroxylation is 1. The third-order valence-electron chi connectivity index (χ3n) is 3.38. The zero-order chi connectivity index (χ0) is 14.1. The number of hydrogen-bond donors (Lipinski definition) is 0. The van der Waals surface area contributed by atoms with Crippen molar-refractivity contribution in [3.63, 3.8) is 0 Å². The Morgan fingerprint density at radius 3 is 2.65 bits per heavy atom. The molecule has 0 saturated carbocycles. The number of nitrogens with zero attached hydrogens (tertiary/aromatic N) is 3. The van der Waals surface area contributed by atoms with Gasteiger partial charge in [0.05, 0.1) is 22.7 Å². The van der Waals surface area contributed by atoms with E-state index in [2.05, 4.69) is 43.7 Å². The van der Waals surface area contributed by atoms with Gasteiger partial charge in [0.25, 0.3) is 0 Å². The van der Waals surface area contributed by atoms with Gasteiger partial charge in [-0.15, -0.1) is 0 Å². The van der Waals surface area contributed by atoms with Crippen molar-refractivity contribution in [3.05, 3.63) is 63.9 Å². The SMILES string of the molecule is Cn1c(Cc2ccc(Br)cc2)nc2cc(C#N)ccc21. The van der Waals surface area contributed by atoms with Crippen molar-refractivity contribution >= 4 is 27.0 Å². The molecule has 0 bridgehead atoms. The predicted molar refractivity (Wildman–Crippen MR) is 82.4 cm³/mol. The van der Waals surface area contributed by atoms with Crippen LogP contribution in [0.5, 0.6) is 0 Å². The van der Waals surface area contributed by atoms with Gasteiger partial charge in [-0.3, -0.25) is 0 Å². The van der Waals surface area contributed by atoms with Crippen molar-refractivity contribution in [3.8, 4) is 6.07 Å². The van der Waals surface area contributed by atoms with Crippen molar-refractivity contribution in [1.82, 2.24) is 9.55 Å². The van der Waals surface area contributed by atoms with Gasteiger partial charge in [-0.05, 0) is 35.9 Å². The van der Waals surface area contributed by atoms with Crippen molar-refractivity contribution in [2.75, 3.05) is 0 Å². The Hall–Kier alpha value is -2.12. The molecule has 0 N–H and O–H groups in total. The van der Waals surface area contributed by atoms with Gasteiger partial charge >= 0.3 is 0 Å². The van der Waals surface area contributed by atoms with E-state index in [9.17, 15) is 0 Å². The summed E-state index contributed by atoms with van der Waals surface area (Å²) in [6.07, 6.45) is 0.778. The summed E-state index contributed by atoms with van der Waals surface area (Å²) in [6.45, 7) is 0. The molecule has 0 fully saturated rings. The molecular weight excluding hydrogens is 314 g/mol. The molecule has 0 atom stereocenters. The van der Waals surface area contributed by atoms with Gasteiger partial charge in [0.2, 0.25) is 0 Å². The average molecular weight is 326 g/mol. The summed E-state index contributed by atoms with van der Waals surface area (Å²) < 4.78 is 3.16. The van der Waals surface area contributed by atoms with Crippen LogP contribution < -0.4 is 0 Å². The molecule has 0 amide bonds. The summed E-state index contributed by atoms with van der Waals surface area (Å²) >= 11 is 3.44. The monoisotopic (exact) mass is 325 g/mol. The number of imidazole rings is 1. The first kappa shape index (κ1) is 12.9. The fourth-order valence-electron chi connectivity index (χ4n) is 2.26. The smallest absolute Gasteiger partial charge is 0.114 e. The van der Waals surface area contributed by atoms with Gasteiger partial charge in [-0.25, -0.2) is 4.98 Å². The average Bonchev–Trinajstić information content (AvgIpc) is 2.77. The van der Waals surface area contributed by atoms with Crippen LogP contribution in [-0.4, -0.2) is 9.55 Å². The lowest BCUT2D eigenvalue weighted by atomic mass is 10.1. The van der Waals surface area contributed by atoms with E-state index in [1.807, 2.05) is 37.4 Å². The van der Waals surface area contributed by atoms with Crippen LogP contribution in [0.3, 0.4) is 0 Å². The number of benzene rings is 2. The minimum absolute atomic E-state index is 0.644. The van der Waals surface area contributed by atoms with Gasteiger partial charge in [0.1, 0.15) is 5.82 Å². The fourth-order valence-corrected chi connectivity index (χ4v) is 2.53. The largest absolute Gasteiger partial charge is 0.331 e. The highest BCUT2D eigenvalue weighted by Crippen LogP contribution is 2.19. The van der Waals surface area contributed by atoms with E-state index in [1.165, 1.54) is 5.56 Å². The summed E-state index contributed by atoms with van der Waals surface area (Å²) in [7, 11) is 2.01. The second kappa shape index (κ2) is 5.10. The molecule has 0 aliphatic heterocycles. The molecule has 2 aromatic carbocycles. The zero-order valence-electron chi connectivity index (χ0n) is 11.0. The third kappa shape index (κ3) is 2.33. The van der Waals surface area contributed by atoms with Crippen LogP contribution in [0.2, 0.25) is 0 Å². The molecule has 0 radical (unpaired) electrons. The predicted octanol–water partition coefficient (Wildman–Crippen LogP) is 3.80. The number of fused-ring (bicyclic) bond motifs is 1. The van der Waals surface area contributed by atoms with Crippen LogP contribution in [0.25, 0.3) is 11.0 Å². The van der Waals surface area contributed by atoms with E-state index >= 15 is 0 Å². The minimum atomic E-state index is 0.644.